The van der Waals surface area contributed by atoms with Gasteiger partial charge in [-0.15, -0.1) is 0 Å². The topological polar surface area (TPSA) is 49.4 Å². The van der Waals surface area contributed by atoms with Gasteiger partial charge in [-0.2, -0.15) is 0 Å². The molecule has 4 nitrogen and oxygen atoms in total. The second-order valence-corrected chi connectivity index (χ2v) is 9.80. The highest BCUT2D eigenvalue weighted by Gasteiger charge is 2.31. The minimum Gasteiger partial charge on any atom is -0.352 e. The minimum absolute atomic E-state index is 0.0260. The Balaban J connectivity index is 2.01. The number of nitrogens with zero attached hydrogens (tertiary/aromatic N) is 1. The average molecular weight is 532 g/mol. The molecule has 3 aromatic carbocycles. The Morgan fingerprint density at radius 2 is 1.51 bits per heavy atom. The molecule has 3 aromatic rings. The first kappa shape index (κ1) is 27.1. The number of carbonyl (C=O) groups excluding carboxylic acids is 2. The number of halogens is 3. The Bertz CT molecular complexity index is 1130. The Kier molecular flexibility index (Phi) is 10.0. The van der Waals surface area contributed by atoms with Gasteiger partial charge < -0.3 is 10.2 Å². The molecular formula is C28H29Cl3N2O2. The molecule has 2 unspecified atom stereocenters. The van der Waals surface area contributed by atoms with E-state index in [1.165, 1.54) is 0 Å². The molecule has 0 aliphatic carbocycles. The van der Waals surface area contributed by atoms with Gasteiger partial charge in [-0.25, -0.2) is 0 Å². The van der Waals surface area contributed by atoms with Crippen molar-refractivity contribution in [3.63, 3.8) is 0 Å². The maximum absolute atomic E-state index is 13.8. The first-order valence-electron chi connectivity index (χ1n) is 11.6. The van der Waals surface area contributed by atoms with Crippen LogP contribution in [-0.2, 0) is 29.0 Å². The van der Waals surface area contributed by atoms with E-state index >= 15 is 0 Å². The van der Waals surface area contributed by atoms with E-state index in [4.69, 9.17) is 34.8 Å². The summed E-state index contributed by atoms with van der Waals surface area (Å²) in [5.41, 5.74) is 2.32. The van der Waals surface area contributed by atoms with Crippen molar-refractivity contribution in [3.05, 3.63) is 105 Å². The average Bonchev–Trinajstić information content (AvgIpc) is 2.84. The van der Waals surface area contributed by atoms with Crippen molar-refractivity contribution >= 4 is 46.6 Å². The Hall–Kier alpha value is -2.53. The molecule has 35 heavy (non-hydrogen) atoms. The zero-order valence-electron chi connectivity index (χ0n) is 19.8. The third kappa shape index (κ3) is 7.73. The van der Waals surface area contributed by atoms with Crippen LogP contribution < -0.4 is 5.32 Å². The van der Waals surface area contributed by atoms with Crippen LogP contribution in [0.3, 0.4) is 0 Å². The molecule has 0 aliphatic heterocycles. The van der Waals surface area contributed by atoms with Gasteiger partial charge in [-0.1, -0.05) is 90.3 Å². The van der Waals surface area contributed by atoms with E-state index in [0.29, 0.717) is 27.1 Å². The van der Waals surface area contributed by atoms with Gasteiger partial charge in [0.25, 0.3) is 0 Å². The molecule has 0 fully saturated rings. The van der Waals surface area contributed by atoms with Crippen LogP contribution in [-0.4, -0.2) is 28.8 Å². The highest BCUT2D eigenvalue weighted by molar-refractivity contribution is 6.36. The molecule has 0 heterocycles. The normalized spacial score (nSPS) is 12.6. The summed E-state index contributed by atoms with van der Waals surface area (Å²) in [4.78, 5) is 28.9. The number of rotatable bonds is 10. The smallest absolute Gasteiger partial charge is 0.243 e. The highest BCUT2D eigenvalue weighted by atomic mass is 35.5. The summed E-state index contributed by atoms with van der Waals surface area (Å²) in [5, 5.41) is 4.45. The third-order valence-corrected chi connectivity index (χ3v) is 6.85. The van der Waals surface area contributed by atoms with E-state index in [2.05, 4.69) is 5.32 Å². The van der Waals surface area contributed by atoms with Gasteiger partial charge in [-0.3, -0.25) is 9.59 Å². The summed E-state index contributed by atoms with van der Waals surface area (Å²) in [6, 6.07) is 21.4. The van der Waals surface area contributed by atoms with Crippen LogP contribution >= 0.6 is 34.8 Å². The maximum Gasteiger partial charge on any atom is 0.243 e. The van der Waals surface area contributed by atoms with E-state index in [-0.39, 0.29) is 30.8 Å². The van der Waals surface area contributed by atoms with Crippen molar-refractivity contribution in [2.45, 2.75) is 51.7 Å². The summed E-state index contributed by atoms with van der Waals surface area (Å²) >= 11 is 19.0. The quantitative estimate of drug-likeness (QED) is 0.315. The monoisotopic (exact) mass is 530 g/mol. The lowest BCUT2D eigenvalue weighted by Gasteiger charge is -2.32. The van der Waals surface area contributed by atoms with Crippen molar-refractivity contribution in [1.82, 2.24) is 10.2 Å². The lowest BCUT2D eigenvalue weighted by atomic mass is 10.0. The molecule has 2 amide bonds. The predicted octanol–water partition coefficient (Wildman–Crippen LogP) is 6.74. The van der Waals surface area contributed by atoms with Crippen molar-refractivity contribution in [1.29, 1.82) is 0 Å². The number of hydrogen-bond donors (Lipinski definition) is 1. The number of benzene rings is 3. The van der Waals surface area contributed by atoms with Gasteiger partial charge in [0.15, 0.2) is 0 Å². The molecule has 184 valence electrons. The second-order valence-electron chi connectivity index (χ2n) is 8.55. The molecular weight excluding hydrogens is 503 g/mol. The fourth-order valence-electron chi connectivity index (χ4n) is 3.78. The van der Waals surface area contributed by atoms with Crippen LogP contribution in [0.15, 0.2) is 72.8 Å². The fourth-order valence-corrected chi connectivity index (χ4v) is 4.53. The second kappa shape index (κ2) is 13.0. The fraction of sp³-hybridized carbons (Fsp3) is 0.286. The first-order valence-corrected chi connectivity index (χ1v) is 12.7. The lowest BCUT2D eigenvalue weighted by molar-refractivity contribution is -0.141. The van der Waals surface area contributed by atoms with Crippen molar-refractivity contribution in [3.8, 4) is 0 Å². The van der Waals surface area contributed by atoms with Crippen molar-refractivity contribution < 1.29 is 9.59 Å². The van der Waals surface area contributed by atoms with Crippen LogP contribution in [0.25, 0.3) is 0 Å². The molecule has 0 saturated carbocycles. The van der Waals surface area contributed by atoms with Gasteiger partial charge in [-0.05, 0) is 54.3 Å². The molecule has 0 radical (unpaired) electrons. The van der Waals surface area contributed by atoms with Gasteiger partial charge in [0.05, 0.1) is 6.42 Å². The summed E-state index contributed by atoms with van der Waals surface area (Å²) in [5.74, 6) is -0.455. The number of hydrogen-bond acceptors (Lipinski definition) is 2. The molecule has 0 aromatic heterocycles. The summed E-state index contributed by atoms with van der Waals surface area (Å²) in [6.45, 7) is 4.17. The Morgan fingerprint density at radius 1 is 0.886 bits per heavy atom. The number of amides is 2. The standard InChI is InChI=1S/C28H29Cl3N2O2/c1-3-19(2)32-28(35)26(16-20-9-5-4-6-10-20)33(18-21-11-7-12-22(29)15-21)27(34)17-23-24(30)13-8-14-25(23)31/h4-15,19,26H,3,16-18H2,1-2H3,(H,32,35). The number of nitrogens with one attached hydrogen (secondary N) is 1. The summed E-state index contributed by atoms with van der Waals surface area (Å²) < 4.78 is 0. The van der Waals surface area contributed by atoms with Gasteiger partial charge in [0, 0.05) is 34.1 Å². The SMILES string of the molecule is CCC(C)NC(=O)C(Cc1ccccc1)N(Cc1cccc(Cl)c1)C(=O)Cc1c(Cl)cccc1Cl. The predicted molar refractivity (Wildman–Crippen MR) is 144 cm³/mol. The lowest BCUT2D eigenvalue weighted by Crippen LogP contribution is -2.52. The minimum atomic E-state index is -0.737. The van der Waals surface area contributed by atoms with Crippen molar-refractivity contribution in [2.75, 3.05) is 0 Å². The van der Waals surface area contributed by atoms with E-state index in [1.54, 1.807) is 35.2 Å². The van der Waals surface area contributed by atoms with E-state index in [1.807, 2.05) is 56.3 Å². The van der Waals surface area contributed by atoms with Crippen LogP contribution in [0.1, 0.15) is 37.0 Å². The molecule has 0 spiro atoms. The zero-order chi connectivity index (χ0) is 25.4. The largest absolute Gasteiger partial charge is 0.352 e. The Labute approximate surface area is 222 Å². The molecule has 0 saturated heterocycles. The molecule has 1 N–H and O–H groups in total. The van der Waals surface area contributed by atoms with Gasteiger partial charge >= 0.3 is 0 Å². The van der Waals surface area contributed by atoms with Crippen LogP contribution in [0, 0.1) is 0 Å². The number of carbonyl (C=O) groups is 2. The first-order chi connectivity index (χ1) is 16.8. The molecule has 0 bridgehead atoms. The molecule has 7 heteroatoms. The van der Waals surface area contributed by atoms with Crippen molar-refractivity contribution in [2.24, 2.45) is 0 Å². The van der Waals surface area contributed by atoms with E-state index < -0.39 is 6.04 Å². The van der Waals surface area contributed by atoms with Crippen LogP contribution in [0.5, 0.6) is 0 Å². The Morgan fingerprint density at radius 3 is 2.14 bits per heavy atom. The highest BCUT2D eigenvalue weighted by Crippen LogP contribution is 2.26. The molecule has 2 atom stereocenters. The third-order valence-electron chi connectivity index (χ3n) is 5.90. The maximum atomic E-state index is 13.8. The summed E-state index contributed by atoms with van der Waals surface area (Å²) in [7, 11) is 0. The van der Waals surface area contributed by atoms with Gasteiger partial charge in [0.2, 0.25) is 11.8 Å². The van der Waals surface area contributed by atoms with E-state index in [9.17, 15) is 9.59 Å². The van der Waals surface area contributed by atoms with Gasteiger partial charge in [0.1, 0.15) is 6.04 Å². The summed E-state index contributed by atoms with van der Waals surface area (Å²) in [6.07, 6.45) is 1.12. The molecule has 3 rings (SSSR count). The van der Waals surface area contributed by atoms with Crippen LogP contribution in [0.2, 0.25) is 15.1 Å². The molecule has 0 aliphatic rings. The van der Waals surface area contributed by atoms with E-state index in [0.717, 1.165) is 17.5 Å². The van der Waals surface area contributed by atoms with Crippen LogP contribution in [0.4, 0.5) is 0 Å². The zero-order valence-corrected chi connectivity index (χ0v) is 22.1.